The lowest BCUT2D eigenvalue weighted by Gasteiger charge is -2.09. The van der Waals surface area contributed by atoms with Crippen molar-refractivity contribution in [1.29, 1.82) is 0 Å². The van der Waals surface area contributed by atoms with Gasteiger partial charge in [0.25, 0.3) is 0 Å². The van der Waals surface area contributed by atoms with Gasteiger partial charge >= 0.3 is 0 Å². The van der Waals surface area contributed by atoms with E-state index in [1.165, 1.54) is 11.3 Å². The van der Waals surface area contributed by atoms with Crippen LogP contribution in [0.15, 0.2) is 28.1 Å². The third-order valence-electron chi connectivity index (χ3n) is 2.17. The van der Waals surface area contributed by atoms with Crippen LogP contribution in [-0.4, -0.2) is 0 Å². The summed E-state index contributed by atoms with van der Waals surface area (Å²) in [7, 11) is 0. The molecule has 1 atom stereocenters. The lowest BCUT2D eigenvalue weighted by Crippen LogP contribution is -1.97. The van der Waals surface area contributed by atoms with E-state index in [1.807, 2.05) is 0 Å². The molecule has 0 saturated carbocycles. The number of halogens is 5. The Hall–Kier alpha value is -0.520. The van der Waals surface area contributed by atoms with E-state index in [0.717, 1.165) is 21.5 Å². The molecule has 0 bridgehead atoms. The fraction of sp³-hybridized carbons (Fsp3) is 0.0909. The highest BCUT2D eigenvalue weighted by Crippen LogP contribution is 2.38. The van der Waals surface area contributed by atoms with E-state index >= 15 is 0 Å². The maximum absolute atomic E-state index is 13.1. The zero-order valence-electron chi connectivity index (χ0n) is 8.18. The van der Waals surface area contributed by atoms with E-state index in [-0.39, 0.29) is 5.56 Å². The van der Waals surface area contributed by atoms with Gasteiger partial charge < -0.3 is 0 Å². The Labute approximate surface area is 113 Å². The molecular weight excluding hydrogens is 337 g/mol. The third kappa shape index (κ3) is 2.51. The van der Waals surface area contributed by atoms with Gasteiger partial charge in [-0.2, -0.15) is 0 Å². The molecule has 0 radical (unpaired) electrons. The third-order valence-corrected chi connectivity index (χ3v) is 4.71. The van der Waals surface area contributed by atoms with Gasteiger partial charge in [0.2, 0.25) is 0 Å². The highest BCUT2D eigenvalue weighted by molar-refractivity contribution is 9.10. The van der Waals surface area contributed by atoms with Crippen LogP contribution in [-0.2, 0) is 0 Å². The van der Waals surface area contributed by atoms with Gasteiger partial charge in [0.1, 0.15) is 0 Å². The smallest absolute Gasteiger partial charge is 0.194 e. The molecule has 0 saturated heterocycles. The fourth-order valence-corrected chi connectivity index (χ4v) is 3.49. The van der Waals surface area contributed by atoms with Crippen molar-refractivity contribution in [2.24, 2.45) is 0 Å². The number of hydrogen-bond acceptors (Lipinski definition) is 1. The average molecular weight is 342 g/mol. The molecule has 0 fully saturated rings. The van der Waals surface area contributed by atoms with Gasteiger partial charge in [-0.05, 0) is 45.1 Å². The van der Waals surface area contributed by atoms with E-state index < -0.39 is 22.8 Å². The van der Waals surface area contributed by atoms with Crippen molar-refractivity contribution < 1.29 is 13.2 Å². The zero-order valence-corrected chi connectivity index (χ0v) is 11.3. The number of benzene rings is 1. The SMILES string of the molecule is Fc1cc(C(Cl)c2sccc2Br)cc(F)c1F. The van der Waals surface area contributed by atoms with Crippen LogP contribution in [0.4, 0.5) is 13.2 Å². The molecule has 0 N–H and O–H groups in total. The zero-order chi connectivity index (χ0) is 12.6. The van der Waals surface area contributed by atoms with Crippen molar-refractivity contribution in [2.45, 2.75) is 5.38 Å². The highest BCUT2D eigenvalue weighted by Gasteiger charge is 2.19. The van der Waals surface area contributed by atoms with Crippen LogP contribution in [0.25, 0.3) is 0 Å². The van der Waals surface area contributed by atoms with Gasteiger partial charge in [0, 0.05) is 9.35 Å². The topological polar surface area (TPSA) is 0 Å². The standard InChI is InChI=1S/C11H5BrClF3S/c12-6-1-2-17-11(6)9(13)5-3-7(14)10(16)8(15)4-5/h1-4,9H. The van der Waals surface area contributed by atoms with Gasteiger partial charge in [-0.15, -0.1) is 22.9 Å². The Morgan fingerprint density at radius 2 is 1.76 bits per heavy atom. The summed E-state index contributed by atoms with van der Waals surface area (Å²) < 4.78 is 39.7. The molecule has 2 rings (SSSR count). The first-order chi connectivity index (χ1) is 8.00. The Morgan fingerprint density at radius 3 is 2.24 bits per heavy atom. The van der Waals surface area contributed by atoms with Gasteiger partial charge in [0.05, 0.1) is 5.38 Å². The maximum Gasteiger partial charge on any atom is 0.194 e. The summed E-state index contributed by atoms with van der Waals surface area (Å²) >= 11 is 10.7. The Morgan fingerprint density at radius 1 is 1.18 bits per heavy atom. The van der Waals surface area contributed by atoms with Gasteiger partial charge in [0.15, 0.2) is 17.5 Å². The van der Waals surface area contributed by atoms with Crippen molar-refractivity contribution in [3.8, 4) is 0 Å². The van der Waals surface area contributed by atoms with Crippen LogP contribution in [0.1, 0.15) is 15.8 Å². The Bertz CT molecular complexity index is 532. The van der Waals surface area contributed by atoms with Crippen LogP contribution in [0.5, 0.6) is 0 Å². The summed E-state index contributed by atoms with van der Waals surface area (Å²) in [5.41, 5.74) is 0.186. The molecule has 6 heteroatoms. The van der Waals surface area contributed by atoms with E-state index in [1.54, 1.807) is 11.4 Å². The second kappa shape index (κ2) is 5.00. The van der Waals surface area contributed by atoms with Crippen LogP contribution in [0.2, 0.25) is 0 Å². The summed E-state index contributed by atoms with van der Waals surface area (Å²) in [4.78, 5) is 0.720. The minimum Gasteiger partial charge on any atom is -0.204 e. The minimum atomic E-state index is -1.48. The molecule has 0 spiro atoms. The predicted octanol–water partition coefficient (Wildman–Crippen LogP) is 5.26. The van der Waals surface area contributed by atoms with Crippen LogP contribution in [0, 0.1) is 17.5 Å². The fourth-order valence-electron chi connectivity index (χ4n) is 1.36. The summed E-state index contributed by atoms with van der Waals surface area (Å²) in [6, 6.07) is 3.59. The molecule has 1 heterocycles. The first-order valence-electron chi connectivity index (χ1n) is 4.52. The van der Waals surface area contributed by atoms with Crippen LogP contribution >= 0.6 is 38.9 Å². The second-order valence-corrected chi connectivity index (χ2v) is 5.53. The van der Waals surface area contributed by atoms with Gasteiger partial charge in [-0.3, -0.25) is 0 Å². The van der Waals surface area contributed by atoms with E-state index in [4.69, 9.17) is 11.6 Å². The molecule has 0 aliphatic rings. The molecule has 1 aromatic carbocycles. The first-order valence-corrected chi connectivity index (χ1v) is 6.63. The van der Waals surface area contributed by atoms with Crippen molar-refractivity contribution in [3.05, 3.63) is 55.9 Å². The van der Waals surface area contributed by atoms with Gasteiger partial charge in [-0.25, -0.2) is 13.2 Å². The summed E-state index contributed by atoms with van der Waals surface area (Å²) in [5, 5.41) is 1.08. The lowest BCUT2D eigenvalue weighted by molar-refractivity contribution is 0.445. The quantitative estimate of drug-likeness (QED) is 0.516. The van der Waals surface area contributed by atoms with E-state index in [9.17, 15) is 13.2 Å². The Kier molecular flexibility index (Phi) is 3.80. The van der Waals surface area contributed by atoms with E-state index in [0.29, 0.717) is 0 Å². The molecule has 90 valence electrons. The normalized spacial score (nSPS) is 12.8. The first kappa shape index (κ1) is 12.9. The summed E-state index contributed by atoms with van der Waals surface area (Å²) in [6.45, 7) is 0. The van der Waals surface area contributed by atoms with Crippen LogP contribution < -0.4 is 0 Å². The summed E-state index contributed by atoms with van der Waals surface area (Å²) in [6.07, 6.45) is 0. The number of alkyl halides is 1. The highest BCUT2D eigenvalue weighted by atomic mass is 79.9. The largest absolute Gasteiger partial charge is 0.204 e. The predicted molar refractivity (Wildman–Crippen MR) is 66.0 cm³/mol. The second-order valence-electron chi connectivity index (χ2n) is 3.29. The van der Waals surface area contributed by atoms with Crippen molar-refractivity contribution >= 4 is 38.9 Å². The maximum atomic E-state index is 13.1. The molecule has 0 aliphatic carbocycles. The summed E-state index contributed by atoms with van der Waals surface area (Å²) in [5.74, 6) is -3.96. The van der Waals surface area contributed by atoms with Crippen LogP contribution in [0.3, 0.4) is 0 Å². The number of rotatable bonds is 2. The van der Waals surface area contributed by atoms with Crippen molar-refractivity contribution in [1.82, 2.24) is 0 Å². The molecular formula is C11H5BrClF3S. The molecule has 0 nitrogen and oxygen atoms in total. The van der Waals surface area contributed by atoms with Crippen molar-refractivity contribution in [2.75, 3.05) is 0 Å². The van der Waals surface area contributed by atoms with Gasteiger partial charge in [-0.1, -0.05) is 0 Å². The molecule has 0 aliphatic heterocycles. The van der Waals surface area contributed by atoms with Crippen molar-refractivity contribution in [3.63, 3.8) is 0 Å². The minimum absolute atomic E-state index is 0.186. The lowest BCUT2D eigenvalue weighted by atomic mass is 10.1. The number of hydrogen-bond donors (Lipinski definition) is 0. The molecule has 1 unspecified atom stereocenters. The average Bonchev–Trinajstić information content (AvgIpc) is 2.70. The monoisotopic (exact) mass is 340 g/mol. The number of thiophene rings is 1. The molecule has 1 aromatic heterocycles. The molecule has 0 amide bonds. The molecule has 2 aromatic rings. The Balaban J connectivity index is 2.45. The molecule has 17 heavy (non-hydrogen) atoms. The van der Waals surface area contributed by atoms with E-state index in [2.05, 4.69) is 15.9 Å².